The minimum Gasteiger partial charge on any atom is -0.494 e. The lowest BCUT2D eigenvalue weighted by Crippen LogP contribution is -2.46. The number of aliphatic imine (C=N–C) groups is 1. The summed E-state index contributed by atoms with van der Waals surface area (Å²) >= 11 is 0. The average Bonchev–Trinajstić information content (AvgIpc) is 3.09. The fourth-order valence-corrected chi connectivity index (χ4v) is 3.38. The Bertz CT molecular complexity index is 817. The van der Waals surface area contributed by atoms with Crippen molar-refractivity contribution in [3.8, 4) is 5.75 Å². The lowest BCUT2D eigenvalue weighted by Gasteiger charge is -2.25. The highest BCUT2D eigenvalue weighted by Gasteiger charge is 2.22. The summed E-state index contributed by atoms with van der Waals surface area (Å²) in [6, 6.07) is 6.51. The SMILES string of the molecule is CCOc1ccc(CNC(=NC)NC2CCc3nc(COC)nn3C2)cc1C. The van der Waals surface area contributed by atoms with E-state index < -0.39 is 0 Å². The number of methoxy groups -OCH3 is 1. The van der Waals surface area contributed by atoms with Gasteiger partial charge in [0.1, 0.15) is 18.2 Å². The molecule has 0 saturated heterocycles. The first-order chi connectivity index (χ1) is 13.6. The molecule has 0 bridgehead atoms. The molecule has 0 radical (unpaired) electrons. The number of nitrogens with one attached hydrogen (secondary N) is 2. The van der Waals surface area contributed by atoms with Crippen molar-refractivity contribution in [2.75, 3.05) is 20.8 Å². The summed E-state index contributed by atoms with van der Waals surface area (Å²) in [5, 5.41) is 11.4. The molecule has 0 amide bonds. The van der Waals surface area contributed by atoms with E-state index in [1.807, 2.05) is 17.7 Å². The van der Waals surface area contributed by atoms with Crippen LogP contribution < -0.4 is 15.4 Å². The molecule has 1 aliphatic rings. The van der Waals surface area contributed by atoms with Gasteiger partial charge in [-0.05, 0) is 37.5 Å². The first-order valence-corrected chi connectivity index (χ1v) is 9.74. The summed E-state index contributed by atoms with van der Waals surface area (Å²) < 4.78 is 12.7. The monoisotopic (exact) mass is 386 g/mol. The molecular formula is C20H30N6O2. The van der Waals surface area contributed by atoms with Crippen molar-refractivity contribution >= 4 is 5.96 Å². The van der Waals surface area contributed by atoms with Crippen LogP contribution >= 0.6 is 0 Å². The van der Waals surface area contributed by atoms with E-state index in [1.54, 1.807) is 14.2 Å². The van der Waals surface area contributed by atoms with E-state index in [4.69, 9.17) is 9.47 Å². The van der Waals surface area contributed by atoms with Gasteiger partial charge < -0.3 is 20.1 Å². The number of hydrogen-bond donors (Lipinski definition) is 2. The molecule has 152 valence electrons. The highest BCUT2D eigenvalue weighted by atomic mass is 16.5. The number of guanidine groups is 1. The standard InChI is InChI=1S/C20H30N6O2/c1-5-28-17-8-6-15(10-14(17)2)11-22-20(21-3)23-16-7-9-19-24-18(13-27-4)25-26(19)12-16/h6,8,10,16H,5,7,9,11-13H2,1-4H3,(H2,21,22,23). The zero-order valence-corrected chi connectivity index (χ0v) is 17.2. The molecule has 8 nitrogen and oxygen atoms in total. The Morgan fingerprint density at radius 2 is 2.25 bits per heavy atom. The van der Waals surface area contributed by atoms with Crippen LogP contribution in [0.25, 0.3) is 0 Å². The molecule has 3 rings (SSSR count). The smallest absolute Gasteiger partial charge is 0.191 e. The third-order valence-corrected chi connectivity index (χ3v) is 4.74. The summed E-state index contributed by atoms with van der Waals surface area (Å²) in [5.41, 5.74) is 2.33. The van der Waals surface area contributed by atoms with Gasteiger partial charge in [0.2, 0.25) is 0 Å². The molecule has 2 N–H and O–H groups in total. The van der Waals surface area contributed by atoms with Crippen molar-refractivity contribution in [2.45, 2.75) is 52.4 Å². The number of ether oxygens (including phenoxy) is 2. The van der Waals surface area contributed by atoms with Gasteiger partial charge in [0.25, 0.3) is 0 Å². The maximum absolute atomic E-state index is 5.61. The van der Waals surface area contributed by atoms with Gasteiger partial charge in [-0.3, -0.25) is 4.99 Å². The van der Waals surface area contributed by atoms with Crippen LogP contribution in [-0.4, -0.2) is 47.5 Å². The second-order valence-corrected chi connectivity index (χ2v) is 6.90. The molecule has 1 atom stereocenters. The number of nitrogens with zero attached hydrogens (tertiary/aromatic N) is 4. The van der Waals surface area contributed by atoms with Crippen molar-refractivity contribution in [3.63, 3.8) is 0 Å². The molecular weight excluding hydrogens is 356 g/mol. The van der Waals surface area contributed by atoms with E-state index >= 15 is 0 Å². The molecule has 1 aliphatic heterocycles. The summed E-state index contributed by atoms with van der Waals surface area (Å²) in [4.78, 5) is 8.88. The Morgan fingerprint density at radius 3 is 2.96 bits per heavy atom. The van der Waals surface area contributed by atoms with E-state index in [1.165, 1.54) is 5.56 Å². The Morgan fingerprint density at radius 1 is 1.39 bits per heavy atom. The lowest BCUT2D eigenvalue weighted by molar-refractivity contribution is 0.177. The molecule has 2 aromatic rings. The average molecular weight is 387 g/mol. The maximum atomic E-state index is 5.61. The van der Waals surface area contributed by atoms with E-state index in [9.17, 15) is 0 Å². The minimum absolute atomic E-state index is 0.262. The summed E-state index contributed by atoms with van der Waals surface area (Å²) in [6.07, 6.45) is 1.89. The highest BCUT2D eigenvalue weighted by Crippen LogP contribution is 2.19. The molecule has 8 heteroatoms. The van der Waals surface area contributed by atoms with Crippen LogP contribution in [0.2, 0.25) is 0 Å². The van der Waals surface area contributed by atoms with Crippen molar-refractivity contribution < 1.29 is 9.47 Å². The molecule has 1 aromatic carbocycles. The zero-order chi connectivity index (χ0) is 19.9. The van der Waals surface area contributed by atoms with E-state index in [0.29, 0.717) is 19.8 Å². The largest absolute Gasteiger partial charge is 0.494 e. The van der Waals surface area contributed by atoms with Crippen molar-refractivity contribution in [1.82, 2.24) is 25.4 Å². The van der Waals surface area contributed by atoms with Gasteiger partial charge in [-0.1, -0.05) is 12.1 Å². The van der Waals surface area contributed by atoms with Crippen LogP contribution in [0.1, 0.15) is 36.1 Å². The summed E-state index contributed by atoms with van der Waals surface area (Å²) in [7, 11) is 3.45. The molecule has 1 aromatic heterocycles. The molecule has 28 heavy (non-hydrogen) atoms. The summed E-state index contributed by atoms with van der Waals surface area (Å²) in [5.74, 6) is 3.49. The second-order valence-electron chi connectivity index (χ2n) is 6.90. The molecule has 0 spiro atoms. The van der Waals surface area contributed by atoms with Gasteiger partial charge >= 0.3 is 0 Å². The lowest BCUT2D eigenvalue weighted by atomic mass is 10.1. The fraction of sp³-hybridized carbons (Fsp3) is 0.550. The van der Waals surface area contributed by atoms with Gasteiger partial charge in [0.15, 0.2) is 11.8 Å². The Labute approximate surface area is 166 Å². The number of fused-ring (bicyclic) bond motifs is 1. The van der Waals surface area contributed by atoms with Crippen molar-refractivity contribution in [2.24, 2.45) is 4.99 Å². The first-order valence-electron chi connectivity index (χ1n) is 9.74. The topological polar surface area (TPSA) is 85.6 Å². The van der Waals surface area contributed by atoms with Crippen LogP contribution in [0.4, 0.5) is 0 Å². The molecule has 2 heterocycles. The van der Waals surface area contributed by atoms with Gasteiger partial charge in [0.05, 0.1) is 13.2 Å². The van der Waals surface area contributed by atoms with Gasteiger partial charge in [-0.25, -0.2) is 9.67 Å². The predicted molar refractivity (Wildman–Crippen MR) is 109 cm³/mol. The Kier molecular flexibility index (Phi) is 6.86. The van der Waals surface area contributed by atoms with Gasteiger partial charge in [-0.15, -0.1) is 0 Å². The number of aromatic nitrogens is 3. The predicted octanol–water partition coefficient (Wildman–Crippen LogP) is 1.81. The van der Waals surface area contributed by atoms with E-state index in [-0.39, 0.29) is 6.04 Å². The van der Waals surface area contributed by atoms with E-state index in [2.05, 4.69) is 44.8 Å². The number of hydrogen-bond acceptors (Lipinski definition) is 5. The molecule has 1 unspecified atom stereocenters. The van der Waals surface area contributed by atoms with Crippen LogP contribution in [-0.2, 0) is 30.9 Å². The van der Waals surface area contributed by atoms with E-state index in [0.717, 1.165) is 48.3 Å². The molecule has 0 aliphatic carbocycles. The van der Waals surface area contributed by atoms with Crippen LogP contribution in [0.3, 0.4) is 0 Å². The highest BCUT2D eigenvalue weighted by molar-refractivity contribution is 5.80. The third-order valence-electron chi connectivity index (χ3n) is 4.74. The normalized spacial score (nSPS) is 16.6. The number of benzene rings is 1. The Hall–Kier alpha value is -2.61. The van der Waals surface area contributed by atoms with Crippen molar-refractivity contribution in [1.29, 1.82) is 0 Å². The van der Waals surface area contributed by atoms with Gasteiger partial charge in [-0.2, -0.15) is 5.10 Å². The Balaban J connectivity index is 1.54. The zero-order valence-electron chi connectivity index (χ0n) is 17.2. The van der Waals surface area contributed by atoms with Crippen LogP contribution in [0.5, 0.6) is 5.75 Å². The van der Waals surface area contributed by atoms with Gasteiger partial charge in [0, 0.05) is 33.2 Å². The summed E-state index contributed by atoms with van der Waals surface area (Å²) in [6.45, 7) is 6.66. The first kappa shape index (κ1) is 20.1. The second kappa shape index (κ2) is 9.54. The quantitative estimate of drug-likeness (QED) is 0.558. The van der Waals surface area contributed by atoms with Crippen molar-refractivity contribution in [3.05, 3.63) is 41.0 Å². The number of rotatable bonds is 7. The van der Waals surface area contributed by atoms with Crippen LogP contribution in [0, 0.1) is 6.92 Å². The molecule has 0 fully saturated rings. The maximum Gasteiger partial charge on any atom is 0.191 e. The minimum atomic E-state index is 0.262. The molecule has 0 saturated carbocycles. The fourth-order valence-electron chi connectivity index (χ4n) is 3.38. The third kappa shape index (κ3) is 5.01. The number of aryl methyl sites for hydroxylation is 2. The van der Waals surface area contributed by atoms with Crippen LogP contribution in [0.15, 0.2) is 23.2 Å².